The van der Waals surface area contributed by atoms with E-state index in [-0.39, 0.29) is 12.5 Å². The zero-order valence-corrected chi connectivity index (χ0v) is 16.3. The Balaban J connectivity index is 1.62. The molecule has 0 spiro atoms. The van der Waals surface area contributed by atoms with Gasteiger partial charge in [-0.05, 0) is 49.8 Å². The highest BCUT2D eigenvalue weighted by molar-refractivity contribution is 6.11. The summed E-state index contributed by atoms with van der Waals surface area (Å²) in [6.45, 7) is 3.84. The molecule has 0 fully saturated rings. The van der Waals surface area contributed by atoms with Crippen LogP contribution in [-0.2, 0) is 19.1 Å². The minimum absolute atomic E-state index is 0.125. The van der Waals surface area contributed by atoms with E-state index in [0.29, 0.717) is 18.0 Å². The molecule has 2 aromatic carbocycles. The van der Waals surface area contributed by atoms with Crippen LogP contribution in [0.2, 0.25) is 0 Å². The summed E-state index contributed by atoms with van der Waals surface area (Å²) in [4.78, 5) is 38.1. The molecule has 7 heteroatoms. The molecular formula is C22H22N2O5. The smallest absolute Gasteiger partial charge is 0.331 e. The third kappa shape index (κ3) is 5.01. The lowest BCUT2D eigenvalue weighted by Gasteiger charge is -2.30. The fourth-order valence-electron chi connectivity index (χ4n) is 2.92. The second kappa shape index (κ2) is 9.05. The van der Waals surface area contributed by atoms with E-state index in [1.165, 1.54) is 17.9 Å². The van der Waals surface area contributed by atoms with Crippen LogP contribution in [0.5, 0.6) is 5.75 Å². The molecule has 1 atom stereocenters. The second-order valence-electron chi connectivity index (χ2n) is 6.40. The van der Waals surface area contributed by atoms with Gasteiger partial charge in [0.25, 0.3) is 5.91 Å². The van der Waals surface area contributed by atoms with Crippen LogP contribution in [0.1, 0.15) is 19.4 Å². The van der Waals surface area contributed by atoms with Gasteiger partial charge in [-0.15, -0.1) is 0 Å². The Morgan fingerprint density at radius 2 is 1.90 bits per heavy atom. The molecule has 0 bridgehead atoms. The van der Waals surface area contributed by atoms with Crippen LogP contribution in [0, 0.1) is 0 Å². The summed E-state index contributed by atoms with van der Waals surface area (Å²) in [5.74, 6) is -0.659. The van der Waals surface area contributed by atoms with Crippen LogP contribution in [0.15, 0.2) is 54.6 Å². The highest BCUT2D eigenvalue weighted by Crippen LogP contribution is 2.29. The van der Waals surface area contributed by atoms with Crippen molar-refractivity contribution in [2.45, 2.75) is 20.0 Å². The number of benzene rings is 2. The molecule has 0 aromatic heterocycles. The summed E-state index contributed by atoms with van der Waals surface area (Å²) < 4.78 is 10.6. The molecule has 1 aliphatic heterocycles. The first kappa shape index (κ1) is 20.1. The van der Waals surface area contributed by atoms with Gasteiger partial charge in [0.15, 0.2) is 6.10 Å². The molecule has 1 heterocycles. The fourth-order valence-corrected chi connectivity index (χ4v) is 2.92. The lowest BCUT2D eigenvalue weighted by atomic mass is 10.1. The van der Waals surface area contributed by atoms with Gasteiger partial charge in [-0.2, -0.15) is 0 Å². The molecule has 0 unspecified atom stereocenters. The maximum atomic E-state index is 12.7. The van der Waals surface area contributed by atoms with Crippen LogP contribution >= 0.6 is 0 Å². The average molecular weight is 394 g/mol. The van der Waals surface area contributed by atoms with Gasteiger partial charge in [0, 0.05) is 6.08 Å². The number of para-hydroxylation sites is 2. The maximum absolute atomic E-state index is 12.7. The van der Waals surface area contributed by atoms with Crippen LogP contribution in [0.4, 0.5) is 11.4 Å². The van der Waals surface area contributed by atoms with E-state index in [4.69, 9.17) is 9.47 Å². The summed E-state index contributed by atoms with van der Waals surface area (Å²) in [7, 11) is 0. The molecule has 29 heavy (non-hydrogen) atoms. The van der Waals surface area contributed by atoms with Crippen molar-refractivity contribution < 1.29 is 23.9 Å². The Labute approximate surface area is 168 Å². The predicted molar refractivity (Wildman–Crippen MR) is 110 cm³/mol. The number of carbonyl (C=O) groups excluding carboxylic acids is 3. The summed E-state index contributed by atoms with van der Waals surface area (Å²) in [6.07, 6.45) is 1.82. The van der Waals surface area contributed by atoms with Crippen molar-refractivity contribution in [3.8, 4) is 5.75 Å². The number of carbonyl (C=O) groups is 3. The molecule has 3 rings (SSSR count). The first-order chi connectivity index (χ1) is 14.0. The normalized spacial score (nSPS) is 14.1. The number of anilines is 2. The first-order valence-corrected chi connectivity index (χ1v) is 9.29. The number of ether oxygens (including phenoxy) is 2. The quantitative estimate of drug-likeness (QED) is 0.601. The van der Waals surface area contributed by atoms with Crippen molar-refractivity contribution in [3.05, 3.63) is 60.2 Å². The number of nitrogens with zero attached hydrogens (tertiary/aromatic N) is 1. The Morgan fingerprint density at radius 3 is 2.62 bits per heavy atom. The van der Waals surface area contributed by atoms with Crippen LogP contribution in [0.3, 0.4) is 0 Å². The average Bonchev–Trinajstić information content (AvgIpc) is 2.72. The molecule has 7 nitrogen and oxygen atoms in total. The van der Waals surface area contributed by atoms with Gasteiger partial charge >= 0.3 is 5.97 Å². The van der Waals surface area contributed by atoms with Crippen LogP contribution in [0.25, 0.3) is 6.08 Å². The Bertz CT molecular complexity index is 936. The second-order valence-corrected chi connectivity index (χ2v) is 6.40. The number of hydrogen-bond donors (Lipinski definition) is 1. The van der Waals surface area contributed by atoms with Crippen LogP contribution < -0.4 is 15.0 Å². The molecular weight excluding hydrogens is 372 g/mol. The first-order valence-electron chi connectivity index (χ1n) is 9.29. The predicted octanol–water partition coefficient (Wildman–Crippen LogP) is 3.02. The number of nitrogens with one attached hydrogen (secondary N) is 1. The molecule has 0 radical (unpaired) electrons. The summed E-state index contributed by atoms with van der Waals surface area (Å²) >= 11 is 0. The van der Waals surface area contributed by atoms with Crippen molar-refractivity contribution in [1.29, 1.82) is 0 Å². The molecule has 1 N–H and O–H groups in total. The third-order valence-corrected chi connectivity index (χ3v) is 4.28. The van der Waals surface area contributed by atoms with E-state index in [2.05, 4.69) is 5.32 Å². The number of amides is 2. The zero-order chi connectivity index (χ0) is 20.8. The maximum Gasteiger partial charge on any atom is 0.331 e. The van der Waals surface area contributed by atoms with Crippen molar-refractivity contribution in [2.75, 3.05) is 23.4 Å². The standard InChI is InChI=1S/C22H22N2O5/c1-3-28-17-11-8-16(9-12-17)10-13-21(26)29-15(2)22(27)24-14-20(25)23-18-6-4-5-7-19(18)24/h4-13,15H,3,14H2,1-2H3,(H,23,25)/b13-10+/t15-/m1/s1. The Hall–Kier alpha value is -3.61. The highest BCUT2D eigenvalue weighted by Gasteiger charge is 2.31. The Morgan fingerprint density at radius 1 is 1.17 bits per heavy atom. The molecule has 1 aliphatic rings. The van der Waals surface area contributed by atoms with E-state index >= 15 is 0 Å². The zero-order valence-electron chi connectivity index (χ0n) is 16.3. The fraction of sp³-hybridized carbons (Fsp3) is 0.227. The molecule has 2 amide bonds. The third-order valence-electron chi connectivity index (χ3n) is 4.28. The van der Waals surface area contributed by atoms with Gasteiger partial charge in [0.05, 0.1) is 18.0 Å². The van der Waals surface area contributed by atoms with Gasteiger partial charge in [-0.1, -0.05) is 24.3 Å². The summed E-state index contributed by atoms with van der Waals surface area (Å²) in [5.41, 5.74) is 1.92. The molecule has 0 aliphatic carbocycles. The monoisotopic (exact) mass is 394 g/mol. The molecule has 0 saturated carbocycles. The van der Waals surface area contributed by atoms with Gasteiger partial charge in [-0.3, -0.25) is 14.5 Å². The SMILES string of the molecule is CCOc1ccc(/C=C/C(=O)O[C@H](C)C(=O)N2CC(=O)Nc3ccccc32)cc1. The van der Waals surface area contributed by atoms with E-state index in [9.17, 15) is 14.4 Å². The van der Waals surface area contributed by atoms with E-state index in [1.54, 1.807) is 42.5 Å². The van der Waals surface area contributed by atoms with Gasteiger partial charge in [-0.25, -0.2) is 4.79 Å². The van der Waals surface area contributed by atoms with Crippen molar-refractivity contribution in [2.24, 2.45) is 0 Å². The van der Waals surface area contributed by atoms with Gasteiger partial charge in [0.2, 0.25) is 5.91 Å². The number of rotatable bonds is 6. The van der Waals surface area contributed by atoms with E-state index in [0.717, 1.165) is 11.3 Å². The van der Waals surface area contributed by atoms with Gasteiger partial charge in [0.1, 0.15) is 12.3 Å². The van der Waals surface area contributed by atoms with E-state index in [1.807, 2.05) is 19.1 Å². The molecule has 2 aromatic rings. The van der Waals surface area contributed by atoms with Crippen LogP contribution in [-0.4, -0.2) is 37.0 Å². The number of fused-ring (bicyclic) bond motifs is 1. The molecule has 0 saturated heterocycles. The van der Waals surface area contributed by atoms with Crippen molar-refractivity contribution in [1.82, 2.24) is 0 Å². The lowest BCUT2D eigenvalue weighted by molar-refractivity contribution is -0.149. The number of hydrogen-bond acceptors (Lipinski definition) is 5. The highest BCUT2D eigenvalue weighted by atomic mass is 16.5. The topological polar surface area (TPSA) is 84.9 Å². The van der Waals surface area contributed by atoms with Gasteiger partial charge < -0.3 is 14.8 Å². The van der Waals surface area contributed by atoms with Crippen molar-refractivity contribution in [3.63, 3.8) is 0 Å². The lowest BCUT2D eigenvalue weighted by Crippen LogP contribution is -2.46. The molecule has 150 valence electrons. The minimum atomic E-state index is -1.04. The summed E-state index contributed by atoms with van der Waals surface area (Å²) in [6, 6.07) is 14.2. The number of esters is 1. The van der Waals surface area contributed by atoms with Crippen molar-refractivity contribution >= 4 is 35.2 Å². The van der Waals surface area contributed by atoms with E-state index < -0.39 is 18.0 Å². The Kier molecular flexibility index (Phi) is 6.29. The largest absolute Gasteiger partial charge is 0.494 e. The minimum Gasteiger partial charge on any atom is -0.494 e. The summed E-state index contributed by atoms with van der Waals surface area (Å²) in [5, 5.41) is 2.71.